The average Bonchev–Trinajstić information content (AvgIpc) is 3.24. The molecule has 0 saturated carbocycles. The molecule has 3 aromatic rings. The van der Waals surface area contributed by atoms with E-state index in [4.69, 9.17) is 9.84 Å². The molecule has 0 aliphatic carbocycles. The van der Waals surface area contributed by atoms with Gasteiger partial charge in [-0.25, -0.2) is 0 Å². The van der Waals surface area contributed by atoms with Gasteiger partial charge in [0.25, 0.3) is 5.91 Å². The molecule has 2 heterocycles. The summed E-state index contributed by atoms with van der Waals surface area (Å²) < 4.78 is 6.73. The number of thiophene rings is 2. The Balaban J connectivity index is 1.66. The Morgan fingerprint density at radius 1 is 1.30 bits per heavy atom. The van der Waals surface area contributed by atoms with E-state index in [1.54, 1.807) is 11.3 Å². The third kappa shape index (κ3) is 3.97. The molecule has 1 amide bonds. The third-order valence-electron chi connectivity index (χ3n) is 3.42. The molecule has 0 fully saturated rings. The smallest absolute Gasteiger partial charge is 0.261 e. The lowest BCUT2D eigenvalue weighted by Crippen LogP contribution is -2.29. The molecule has 6 heteroatoms. The Labute approximate surface area is 142 Å². The van der Waals surface area contributed by atoms with Crippen molar-refractivity contribution in [2.45, 2.75) is 6.10 Å². The van der Waals surface area contributed by atoms with E-state index in [0.29, 0.717) is 11.4 Å². The fraction of sp³-hybridized carbons (Fsp3) is 0.235. The van der Waals surface area contributed by atoms with E-state index in [-0.39, 0.29) is 25.2 Å². The van der Waals surface area contributed by atoms with Crippen LogP contribution in [0.25, 0.3) is 10.1 Å². The van der Waals surface area contributed by atoms with Crippen LogP contribution >= 0.6 is 22.7 Å². The molecule has 2 N–H and O–H groups in total. The molecule has 1 aromatic carbocycles. The molecule has 0 saturated heterocycles. The van der Waals surface area contributed by atoms with Crippen molar-refractivity contribution in [3.8, 4) is 0 Å². The minimum absolute atomic E-state index is 0.0368. The Hall–Kier alpha value is -1.73. The molecule has 23 heavy (non-hydrogen) atoms. The minimum atomic E-state index is -0.244. The van der Waals surface area contributed by atoms with Crippen molar-refractivity contribution in [1.29, 1.82) is 0 Å². The Kier molecular flexibility index (Phi) is 5.40. The molecule has 4 nitrogen and oxygen atoms in total. The molecule has 0 aliphatic heterocycles. The lowest BCUT2D eigenvalue weighted by Gasteiger charge is -2.17. The summed E-state index contributed by atoms with van der Waals surface area (Å²) in [6.45, 7) is 0.591. The van der Waals surface area contributed by atoms with E-state index in [9.17, 15) is 4.79 Å². The number of benzene rings is 1. The molecular formula is C17H17NO3S2. The van der Waals surface area contributed by atoms with Gasteiger partial charge in [-0.2, -0.15) is 11.3 Å². The molecule has 3 rings (SSSR count). The zero-order chi connectivity index (χ0) is 16.1. The van der Waals surface area contributed by atoms with E-state index in [2.05, 4.69) is 5.32 Å². The molecule has 1 atom stereocenters. The Morgan fingerprint density at radius 3 is 2.91 bits per heavy atom. The van der Waals surface area contributed by atoms with Crippen molar-refractivity contribution < 1.29 is 14.6 Å². The summed E-state index contributed by atoms with van der Waals surface area (Å²) in [5.41, 5.74) is 1.01. The van der Waals surface area contributed by atoms with Gasteiger partial charge in [0.2, 0.25) is 0 Å². The van der Waals surface area contributed by atoms with Crippen molar-refractivity contribution >= 4 is 38.7 Å². The first-order valence-corrected chi connectivity index (χ1v) is 9.05. The number of hydrogen-bond donors (Lipinski definition) is 2. The van der Waals surface area contributed by atoms with Gasteiger partial charge in [0.15, 0.2) is 0 Å². The van der Waals surface area contributed by atoms with E-state index >= 15 is 0 Å². The van der Waals surface area contributed by atoms with Crippen LogP contribution in [0.15, 0.2) is 47.2 Å². The van der Waals surface area contributed by atoms with Gasteiger partial charge < -0.3 is 15.2 Å². The standard InChI is InChI=1S/C17H17NO3S2/c19-6-7-21-14(13-5-8-22-11-13)10-18-17(20)16-9-12-3-1-2-4-15(12)23-16/h1-5,8-9,11,14,19H,6-7,10H2,(H,18,20)/t14-/m1/s1. The monoisotopic (exact) mass is 347 g/mol. The Morgan fingerprint density at radius 2 is 2.17 bits per heavy atom. The van der Waals surface area contributed by atoms with Crippen molar-refractivity contribution in [3.05, 3.63) is 57.6 Å². The van der Waals surface area contributed by atoms with Crippen LogP contribution in [0.5, 0.6) is 0 Å². The molecule has 0 spiro atoms. The van der Waals surface area contributed by atoms with Crippen LogP contribution < -0.4 is 5.32 Å². The van der Waals surface area contributed by atoms with E-state index in [1.807, 2.05) is 47.2 Å². The summed E-state index contributed by atoms with van der Waals surface area (Å²) in [4.78, 5) is 13.1. The summed E-state index contributed by atoms with van der Waals surface area (Å²) >= 11 is 3.06. The first kappa shape index (κ1) is 16.1. The van der Waals surface area contributed by atoms with Crippen molar-refractivity contribution in [1.82, 2.24) is 5.32 Å². The predicted octanol–water partition coefficient (Wildman–Crippen LogP) is 3.44. The first-order valence-electron chi connectivity index (χ1n) is 7.29. The summed E-state index contributed by atoms with van der Waals surface area (Å²) in [5, 5.41) is 16.9. The van der Waals surface area contributed by atoms with Gasteiger partial charge in [0.1, 0.15) is 6.10 Å². The average molecular weight is 347 g/mol. The normalized spacial score (nSPS) is 12.4. The summed E-state index contributed by atoms with van der Waals surface area (Å²) in [6.07, 6.45) is -0.244. The summed E-state index contributed by atoms with van der Waals surface area (Å²) in [6, 6.07) is 11.8. The van der Waals surface area contributed by atoms with Gasteiger partial charge in [-0.3, -0.25) is 4.79 Å². The van der Waals surface area contributed by atoms with E-state index < -0.39 is 0 Å². The molecule has 0 radical (unpaired) electrons. The van der Waals surface area contributed by atoms with Gasteiger partial charge in [-0.05, 0) is 39.9 Å². The van der Waals surface area contributed by atoms with Crippen LogP contribution in [0.3, 0.4) is 0 Å². The highest BCUT2D eigenvalue weighted by Crippen LogP contribution is 2.25. The number of amides is 1. The summed E-state index contributed by atoms with van der Waals surface area (Å²) in [5.74, 6) is -0.0981. The van der Waals surface area contributed by atoms with Gasteiger partial charge in [-0.15, -0.1) is 11.3 Å². The fourth-order valence-corrected chi connectivity index (χ4v) is 3.97. The number of ether oxygens (including phenoxy) is 1. The number of nitrogens with one attached hydrogen (secondary N) is 1. The van der Waals surface area contributed by atoms with Crippen LogP contribution in [0.2, 0.25) is 0 Å². The second-order valence-electron chi connectivity index (χ2n) is 5.00. The highest BCUT2D eigenvalue weighted by Gasteiger charge is 2.16. The van der Waals surface area contributed by atoms with Crippen molar-refractivity contribution in [2.24, 2.45) is 0 Å². The second kappa shape index (κ2) is 7.70. The maximum Gasteiger partial charge on any atom is 0.261 e. The van der Waals surface area contributed by atoms with Crippen molar-refractivity contribution in [3.63, 3.8) is 0 Å². The predicted molar refractivity (Wildman–Crippen MR) is 94.3 cm³/mol. The summed E-state index contributed by atoms with van der Waals surface area (Å²) in [7, 11) is 0. The van der Waals surface area contributed by atoms with Gasteiger partial charge >= 0.3 is 0 Å². The fourth-order valence-electron chi connectivity index (χ4n) is 2.29. The zero-order valence-electron chi connectivity index (χ0n) is 12.4. The number of aliphatic hydroxyl groups is 1. The number of hydrogen-bond acceptors (Lipinski definition) is 5. The van der Waals surface area contributed by atoms with Crippen LogP contribution in [-0.2, 0) is 4.74 Å². The molecule has 2 aromatic heterocycles. The maximum absolute atomic E-state index is 12.4. The zero-order valence-corrected chi connectivity index (χ0v) is 14.0. The number of carbonyl (C=O) groups is 1. The van der Waals surface area contributed by atoms with Crippen LogP contribution in [0, 0.1) is 0 Å². The molecule has 0 aliphatic rings. The van der Waals surface area contributed by atoms with Crippen LogP contribution in [0.4, 0.5) is 0 Å². The number of carbonyl (C=O) groups excluding carboxylic acids is 1. The highest BCUT2D eigenvalue weighted by atomic mass is 32.1. The highest BCUT2D eigenvalue weighted by molar-refractivity contribution is 7.20. The number of rotatable bonds is 7. The van der Waals surface area contributed by atoms with Gasteiger partial charge in [0.05, 0.1) is 18.1 Å². The topological polar surface area (TPSA) is 58.6 Å². The second-order valence-corrected chi connectivity index (χ2v) is 6.86. The van der Waals surface area contributed by atoms with Gasteiger partial charge in [-0.1, -0.05) is 18.2 Å². The van der Waals surface area contributed by atoms with E-state index in [0.717, 1.165) is 15.6 Å². The first-order chi connectivity index (χ1) is 11.3. The SMILES string of the molecule is O=C(NC[C@@H](OCCO)c1ccsc1)c1cc2ccccc2s1. The molecule has 0 unspecified atom stereocenters. The maximum atomic E-state index is 12.4. The van der Waals surface area contributed by atoms with Crippen LogP contribution in [0.1, 0.15) is 21.3 Å². The van der Waals surface area contributed by atoms with Crippen LogP contribution in [-0.4, -0.2) is 30.8 Å². The Bertz CT molecular complexity index is 734. The van der Waals surface area contributed by atoms with Gasteiger partial charge in [0, 0.05) is 11.2 Å². The lowest BCUT2D eigenvalue weighted by molar-refractivity contribution is 0.0280. The molecule has 120 valence electrons. The molecular weight excluding hydrogens is 330 g/mol. The quantitative estimate of drug-likeness (QED) is 0.688. The van der Waals surface area contributed by atoms with E-state index in [1.165, 1.54) is 11.3 Å². The molecule has 0 bridgehead atoms. The lowest BCUT2D eigenvalue weighted by atomic mass is 10.2. The van der Waals surface area contributed by atoms with Crippen molar-refractivity contribution in [2.75, 3.05) is 19.8 Å². The number of fused-ring (bicyclic) bond motifs is 1. The number of aliphatic hydroxyl groups excluding tert-OH is 1. The third-order valence-corrected chi connectivity index (χ3v) is 5.24. The largest absolute Gasteiger partial charge is 0.394 e. The minimum Gasteiger partial charge on any atom is -0.394 e.